The summed E-state index contributed by atoms with van der Waals surface area (Å²) in [5.74, 6) is 0.561. The monoisotopic (exact) mass is 237 g/mol. The van der Waals surface area contributed by atoms with Crippen molar-refractivity contribution in [1.29, 1.82) is 0 Å². The van der Waals surface area contributed by atoms with Gasteiger partial charge in [-0.2, -0.15) is 12.7 Å². The van der Waals surface area contributed by atoms with Gasteiger partial charge in [0.25, 0.3) is 9.24 Å². The average Bonchev–Trinajstić information content (AvgIpc) is 2.15. The Hall–Kier alpha value is 0.200. The highest BCUT2D eigenvalue weighted by molar-refractivity contribution is 8.11. The van der Waals surface area contributed by atoms with Gasteiger partial charge in [0.05, 0.1) is 0 Å². The van der Waals surface area contributed by atoms with Crippen LogP contribution < -0.4 is 0 Å². The zero-order valence-electron chi connectivity index (χ0n) is 8.15. The highest BCUT2D eigenvalue weighted by Crippen LogP contribution is 2.37. The van der Waals surface area contributed by atoms with Crippen LogP contribution in [0.3, 0.4) is 0 Å². The highest BCUT2D eigenvalue weighted by atomic mass is 35.7. The molecule has 2 fully saturated rings. The van der Waals surface area contributed by atoms with Crippen LogP contribution in [0.4, 0.5) is 0 Å². The maximum Gasteiger partial charge on any atom is 0.300 e. The second kappa shape index (κ2) is 3.99. The van der Waals surface area contributed by atoms with Crippen molar-refractivity contribution < 1.29 is 8.42 Å². The Morgan fingerprint density at radius 1 is 1.07 bits per heavy atom. The Labute approximate surface area is 90.0 Å². The standard InChI is InChI=1S/C9H16ClNO2S/c10-14(12,13)11-7-3-5-8-4-1-2-6-9(8)11/h8-9H,1-7H2/t8-,9-/m0/s1. The van der Waals surface area contributed by atoms with Crippen LogP contribution in [-0.4, -0.2) is 25.3 Å². The third-order valence-corrected chi connectivity index (χ3v) is 5.02. The molecule has 3 nitrogen and oxygen atoms in total. The summed E-state index contributed by atoms with van der Waals surface area (Å²) in [4.78, 5) is 0. The van der Waals surface area contributed by atoms with E-state index in [9.17, 15) is 8.42 Å². The molecule has 2 rings (SSSR count). The number of rotatable bonds is 1. The van der Waals surface area contributed by atoms with Crippen LogP contribution in [0.2, 0.25) is 0 Å². The summed E-state index contributed by atoms with van der Waals surface area (Å²) >= 11 is 0. The minimum Gasteiger partial charge on any atom is -0.195 e. The first-order chi connectivity index (χ1) is 6.59. The number of nitrogens with zero attached hydrogens (tertiary/aromatic N) is 1. The van der Waals surface area contributed by atoms with E-state index in [-0.39, 0.29) is 6.04 Å². The third-order valence-electron chi connectivity index (χ3n) is 3.47. The van der Waals surface area contributed by atoms with Gasteiger partial charge >= 0.3 is 0 Å². The Morgan fingerprint density at radius 2 is 1.71 bits per heavy atom. The van der Waals surface area contributed by atoms with Gasteiger partial charge in [0.1, 0.15) is 0 Å². The van der Waals surface area contributed by atoms with Gasteiger partial charge in [0, 0.05) is 23.3 Å². The predicted octanol–water partition coefficient (Wildman–Crippen LogP) is 2.12. The zero-order chi connectivity index (χ0) is 10.2. The van der Waals surface area contributed by atoms with Crippen LogP contribution in [-0.2, 0) is 9.24 Å². The smallest absolute Gasteiger partial charge is 0.195 e. The fraction of sp³-hybridized carbons (Fsp3) is 1.00. The summed E-state index contributed by atoms with van der Waals surface area (Å²) in [6.07, 6.45) is 6.70. The maximum atomic E-state index is 11.3. The van der Waals surface area contributed by atoms with Crippen LogP contribution in [0.1, 0.15) is 38.5 Å². The molecule has 1 aliphatic heterocycles. The van der Waals surface area contributed by atoms with Crippen molar-refractivity contribution in [2.45, 2.75) is 44.6 Å². The van der Waals surface area contributed by atoms with Gasteiger partial charge in [0.15, 0.2) is 0 Å². The van der Waals surface area contributed by atoms with Crippen molar-refractivity contribution >= 4 is 19.9 Å². The molecule has 0 bridgehead atoms. The van der Waals surface area contributed by atoms with Gasteiger partial charge in [-0.25, -0.2) is 0 Å². The molecular formula is C9H16ClNO2S. The van der Waals surface area contributed by atoms with Crippen LogP contribution >= 0.6 is 10.7 Å². The van der Waals surface area contributed by atoms with Crippen molar-refractivity contribution in [3.05, 3.63) is 0 Å². The number of hydrogen-bond acceptors (Lipinski definition) is 2. The molecule has 1 saturated carbocycles. The summed E-state index contributed by atoms with van der Waals surface area (Å²) in [5, 5.41) is 0. The molecule has 0 aromatic rings. The Morgan fingerprint density at radius 3 is 2.43 bits per heavy atom. The SMILES string of the molecule is O=S(=O)(Cl)N1CCC[C@@H]2CCCC[C@@H]21. The average molecular weight is 238 g/mol. The van der Waals surface area contributed by atoms with E-state index < -0.39 is 9.24 Å². The van der Waals surface area contributed by atoms with Gasteiger partial charge in [-0.1, -0.05) is 12.8 Å². The molecule has 14 heavy (non-hydrogen) atoms. The van der Waals surface area contributed by atoms with Crippen LogP contribution in [0, 0.1) is 5.92 Å². The summed E-state index contributed by atoms with van der Waals surface area (Å²) in [6.45, 7) is 0.618. The third kappa shape index (κ3) is 2.07. The minimum atomic E-state index is -3.49. The van der Waals surface area contributed by atoms with Crippen LogP contribution in [0.25, 0.3) is 0 Å². The Balaban J connectivity index is 2.17. The second-order valence-electron chi connectivity index (χ2n) is 4.31. The maximum absolute atomic E-state index is 11.3. The van der Waals surface area contributed by atoms with Gasteiger partial charge in [0.2, 0.25) is 0 Å². The fourth-order valence-electron chi connectivity index (χ4n) is 2.85. The second-order valence-corrected chi connectivity index (χ2v) is 6.77. The van der Waals surface area contributed by atoms with E-state index in [2.05, 4.69) is 0 Å². The molecule has 0 aromatic heterocycles. The molecule has 2 aliphatic rings. The molecule has 82 valence electrons. The molecule has 0 amide bonds. The lowest BCUT2D eigenvalue weighted by Crippen LogP contribution is -2.47. The van der Waals surface area contributed by atoms with Gasteiger partial charge < -0.3 is 0 Å². The number of fused-ring (bicyclic) bond motifs is 1. The van der Waals surface area contributed by atoms with E-state index in [4.69, 9.17) is 10.7 Å². The minimum absolute atomic E-state index is 0.194. The number of piperidine rings is 1. The molecule has 1 saturated heterocycles. The first-order valence-corrected chi connectivity index (χ1v) is 7.57. The van der Waals surface area contributed by atoms with E-state index in [1.54, 1.807) is 0 Å². The Bertz CT molecular complexity index is 302. The Kier molecular flexibility index (Phi) is 3.05. The highest BCUT2D eigenvalue weighted by Gasteiger charge is 2.38. The van der Waals surface area contributed by atoms with Gasteiger partial charge in [-0.15, -0.1) is 0 Å². The molecule has 0 radical (unpaired) electrons. The first-order valence-electron chi connectivity index (χ1n) is 5.30. The molecule has 0 aromatic carbocycles. The molecule has 0 spiro atoms. The van der Waals surface area contributed by atoms with Crippen molar-refractivity contribution in [2.75, 3.05) is 6.54 Å². The summed E-state index contributed by atoms with van der Waals surface area (Å²) in [6, 6.07) is 0.194. The van der Waals surface area contributed by atoms with E-state index >= 15 is 0 Å². The summed E-state index contributed by atoms with van der Waals surface area (Å²) < 4.78 is 24.2. The first kappa shape index (κ1) is 10.7. The van der Waals surface area contributed by atoms with Crippen LogP contribution in [0.15, 0.2) is 0 Å². The quantitative estimate of drug-likeness (QED) is 0.656. The van der Waals surface area contributed by atoms with Crippen LogP contribution in [0.5, 0.6) is 0 Å². The van der Waals surface area contributed by atoms with E-state index in [1.165, 1.54) is 23.6 Å². The molecular weight excluding hydrogens is 222 g/mol. The lowest BCUT2D eigenvalue weighted by molar-refractivity contribution is 0.131. The molecule has 1 heterocycles. The number of hydrogen-bond donors (Lipinski definition) is 0. The van der Waals surface area contributed by atoms with E-state index in [0.717, 1.165) is 19.3 Å². The lowest BCUT2D eigenvalue weighted by Gasteiger charge is -2.41. The zero-order valence-corrected chi connectivity index (χ0v) is 9.73. The predicted molar refractivity (Wildman–Crippen MR) is 56.5 cm³/mol. The molecule has 5 heteroatoms. The largest absolute Gasteiger partial charge is 0.300 e. The van der Waals surface area contributed by atoms with Crippen molar-refractivity contribution in [3.8, 4) is 0 Å². The lowest BCUT2D eigenvalue weighted by atomic mass is 9.79. The van der Waals surface area contributed by atoms with Gasteiger partial charge in [-0.3, -0.25) is 0 Å². The van der Waals surface area contributed by atoms with Gasteiger partial charge in [-0.05, 0) is 31.6 Å². The molecule has 1 aliphatic carbocycles. The topological polar surface area (TPSA) is 37.4 Å². The van der Waals surface area contributed by atoms with Crippen molar-refractivity contribution in [2.24, 2.45) is 5.92 Å². The van der Waals surface area contributed by atoms with E-state index in [0.29, 0.717) is 12.5 Å². The summed E-state index contributed by atoms with van der Waals surface area (Å²) in [7, 11) is 1.94. The fourth-order valence-corrected chi connectivity index (χ4v) is 4.31. The normalized spacial score (nSPS) is 35.2. The number of halogens is 1. The van der Waals surface area contributed by atoms with Crippen molar-refractivity contribution in [3.63, 3.8) is 0 Å². The van der Waals surface area contributed by atoms with E-state index in [1.807, 2.05) is 0 Å². The molecule has 0 N–H and O–H groups in total. The van der Waals surface area contributed by atoms with Crippen molar-refractivity contribution in [1.82, 2.24) is 4.31 Å². The molecule has 0 unspecified atom stereocenters. The summed E-state index contributed by atoms with van der Waals surface area (Å²) in [5.41, 5.74) is 0. The molecule has 2 atom stereocenters.